The Labute approximate surface area is 205 Å². The van der Waals surface area contributed by atoms with Gasteiger partial charge in [0.15, 0.2) is 6.17 Å². The largest absolute Gasteiger partial charge is 0.399 e. The van der Waals surface area contributed by atoms with Crippen molar-refractivity contribution in [3.63, 3.8) is 0 Å². The maximum atomic E-state index is 14.7. The number of carbonyl (C=O) groups excluding carboxylic acids is 1. The number of nitrogens with two attached hydrogens (primary N) is 1. The van der Waals surface area contributed by atoms with Crippen molar-refractivity contribution in [2.75, 3.05) is 11.1 Å². The summed E-state index contributed by atoms with van der Waals surface area (Å²) < 4.78 is 29.2. The summed E-state index contributed by atoms with van der Waals surface area (Å²) in [6.07, 6.45) is -0.197. The van der Waals surface area contributed by atoms with E-state index in [1.165, 1.54) is 18.3 Å². The number of aromatic nitrogens is 3. The summed E-state index contributed by atoms with van der Waals surface area (Å²) in [7, 11) is 0. The number of anilines is 2. The zero-order valence-electron chi connectivity index (χ0n) is 18.5. The van der Waals surface area contributed by atoms with E-state index in [2.05, 4.69) is 25.6 Å². The molecule has 0 radical (unpaired) electrons. The van der Waals surface area contributed by atoms with E-state index < -0.39 is 30.3 Å². The molecular formula is C25H23ClF2N6O. The van der Waals surface area contributed by atoms with E-state index in [4.69, 9.17) is 17.3 Å². The Balaban J connectivity index is 1.33. The number of nitrogens with zero attached hydrogens (tertiary/aromatic N) is 2. The molecule has 0 aliphatic heterocycles. The summed E-state index contributed by atoms with van der Waals surface area (Å²) in [6, 6.07) is 12.5. The molecule has 1 saturated carbocycles. The zero-order valence-corrected chi connectivity index (χ0v) is 19.3. The van der Waals surface area contributed by atoms with Crippen molar-refractivity contribution in [1.29, 1.82) is 0 Å². The van der Waals surface area contributed by atoms with Gasteiger partial charge in [-0.05, 0) is 36.8 Å². The second-order valence-electron chi connectivity index (χ2n) is 8.61. The van der Waals surface area contributed by atoms with Gasteiger partial charge in [0.1, 0.15) is 6.17 Å². The molecule has 1 aliphatic rings. The molecule has 35 heavy (non-hydrogen) atoms. The number of nitrogen functional groups attached to an aromatic ring is 1. The number of aromatic amines is 1. The number of hydrogen-bond acceptors (Lipinski definition) is 5. The Morgan fingerprint density at radius 2 is 1.89 bits per heavy atom. The van der Waals surface area contributed by atoms with Crippen LogP contribution in [0.15, 0.2) is 60.9 Å². The number of carbonyl (C=O) groups is 1. The predicted molar refractivity (Wildman–Crippen MR) is 133 cm³/mol. The van der Waals surface area contributed by atoms with Crippen molar-refractivity contribution >= 4 is 40.0 Å². The van der Waals surface area contributed by atoms with Gasteiger partial charge in [0.25, 0.3) is 5.91 Å². The van der Waals surface area contributed by atoms with Crippen LogP contribution >= 0.6 is 11.6 Å². The molecule has 5 N–H and O–H groups in total. The maximum Gasteiger partial charge on any atom is 0.251 e. The monoisotopic (exact) mass is 496 g/mol. The number of amides is 1. The number of alkyl halides is 2. The number of fused-ring (bicyclic) bond motifs is 1. The number of benzene rings is 2. The van der Waals surface area contributed by atoms with Crippen LogP contribution in [0.25, 0.3) is 22.2 Å². The first-order chi connectivity index (χ1) is 16.9. The molecule has 1 aliphatic carbocycles. The lowest BCUT2D eigenvalue weighted by atomic mass is 9.87. The molecule has 2 unspecified atom stereocenters. The Hall–Kier alpha value is -3.72. The Bertz CT molecular complexity index is 1360. The molecule has 0 bridgehead atoms. The van der Waals surface area contributed by atoms with E-state index in [0.29, 0.717) is 22.0 Å². The molecule has 1 amide bonds. The predicted octanol–water partition coefficient (Wildman–Crippen LogP) is 4.91. The first-order valence-corrected chi connectivity index (χ1v) is 11.6. The molecule has 7 nitrogen and oxygen atoms in total. The molecular weight excluding hydrogens is 474 g/mol. The maximum absolute atomic E-state index is 14.7. The molecule has 0 spiro atoms. The number of halogens is 3. The Morgan fingerprint density at radius 1 is 1.11 bits per heavy atom. The number of H-pyrrole nitrogens is 1. The van der Waals surface area contributed by atoms with Gasteiger partial charge in [-0.25, -0.2) is 18.7 Å². The van der Waals surface area contributed by atoms with Gasteiger partial charge < -0.3 is 21.4 Å². The molecule has 5 rings (SSSR count). The molecule has 4 aromatic rings. The van der Waals surface area contributed by atoms with Crippen LogP contribution in [0.2, 0.25) is 5.02 Å². The normalized spacial score (nSPS) is 22.1. The van der Waals surface area contributed by atoms with Crippen molar-refractivity contribution in [2.45, 2.75) is 37.3 Å². The minimum absolute atomic E-state index is 0.0796. The minimum Gasteiger partial charge on any atom is -0.399 e. The average molecular weight is 497 g/mol. The van der Waals surface area contributed by atoms with Crippen molar-refractivity contribution in [2.24, 2.45) is 0 Å². The highest BCUT2D eigenvalue weighted by molar-refractivity contribution is 6.33. The van der Waals surface area contributed by atoms with Gasteiger partial charge in [-0.1, -0.05) is 29.8 Å². The molecule has 2 aromatic heterocycles. The van der Waals surface area contributed by atoms with E-state index in [0.717, 1.165) is 16.5 Å². The van der Waals surface area contributed by atoms with Gasteiger partial charge in [0.2, 0.25) is 5.95 Å². The van der Waals surface area contributed by atoms with Crippen molar-refractivity contribution < 1.29 is 13.6 Å². The first kappa shape index (κ1) is 23.0. The summed E-state index contributed by atoms with van der Waals surface area (Å²) in [6.45, 7) is 0. The van der Waals surface area contributed by atoms with Gasteiger partial charge in [0, 0.05) is 46.4 Å². The lowest BCUT2D eigenvalue weighted by Crippen LogP contribution is -2.53. The van der Waals surface area contributed by atoms with E-state index >= 15 is 0 Å². The molecule has 0 saturated heterocycles. The van der Waals surface area contributed by atoms with Crippen LogP contribution in [0.4, 0.5) is 20.4 Å². The highest BCUT2D eigenvalue weighted by atomic mass is 35.5. The van der Waals surface area contributed by atoms with Crippen LogP contribution in [0.1, 0.15) is 23.2 Å². The third-order valence-corrected chi connectivity index (χ3v) is 6.47. The fraction of sp³-hybridized carbons (Fsp3) is 0.240. The standard InChI is InChI=1S/C25H23ClF2N6O/c26-18-12-31-25(34-23(18)17-11-30-20-4-2-1-3-16(17)20)32-15-9-19(27)22(28)21(10-15)33-24(35)13-5-7-14(29)8-6-13/h1-8,11-12,15,19,21-22,30H,9-10,29H2,(H,33,35)(H,31,32,34)/t15-,19?,21-,22?/m1/s1. The average Bonchev–Trinajstić information content (AvgIpc) is 3.28. The first-order valence-electron chi connectivity index (χ1n) is 11.2. The summed E-state index contributed by atoms with van der Waals surface area (Å²) >= 11 is 6.39. The second-order valence-corrected chi connectivity index (χ2v) is 9.02. The fourth-order valence-electron chi connectivity index (χ4n) is 4.40. The molecule has 10 heteroatoms. The van der Waals surface area contributed by atoms with Gasteiger partial charge in [-0.2, -0.15) is 0 Å². The third kappa shape index (κ3) is 4.77. The van der Waals surface area contributed by atoms with E-state index in [-0.39, 0.29) is 18.8 Å². The molecule has 1 fully saturated rings. The fourth-order valence-corrected chi connectivity index (χ4v) is 4.60. The van der Waals surface area contributed by atoms with Crippen LogP contribution in [0.5, 0.6) is 0 Å². The van der Waals surface area contributed by atoms with Crippen LogP contribution < -0.4 is 16.4 Å². The third-order valence-electron chi connectivity index (χ3n) is 6.19. The van der Waals surface area contributed by atoms with E-state index in [1.54, 1.807) is 12.1 Å². The van der Waals surface area contributed by atoms with Crippen LogP contribution in [-0.4, -0.2) is 45.3 Å². The Morgan fingerprint density at radius 3 is 2.69 bits per heavy atom. The van der Waals surface area contributed by atoms with Crippen LogP contribution in [0.3, 0.4) is 0 Å². The molecule has 4 atom stereocenters. The summed E-state index contributed by atoms with van der Waals surface area (Å²) in [4.78, 5) is 24.5. The summed E-state index contributed by atoms with van der Waals surface area (Å²) in [5.41, 5.74) is 8.74. The topological polar surface area (TPSA) is 109 Å². The quantitative estimate of drug-likeness (QED) is 0.294. The number of hydrogen-bond donors (Lipinski definition) is 4. The van der Waals surface area contributed by atoms with Crippen molar-refractivity contribution in [3.8, 4) is 11.3 Å². The Kier molecular flexibility index (Phi) is 6.25. The highest BCUT2D eigenvalue weighted by Crippen LogP contribution is 2.33. The second kappa shape index (κ2) is 9.50. The van der Waals surface area contributed by atoms with Gasteiger partial charge in [-0.15, -0.1) is 0 Å². The van der Waals surface area contributed by atoms with E-state index in [1.807, 2.05) is 30.5 Å². The smallest absolute Gasteiger partial charge is 0.251 e. The number of rotatable bonds is 5. The molecule has 2 aromatic carbocycles. The van der Waals surface area contributed by atoms with Gasteiger partial charge >= 0.3 is 0 Å². The summed E-state index contributed by atoms with van der Waals surface area (Å²) in [5, 5.41) is 7.02. The minimum atomic E-state index is -1.82. The van der Waals surface area contributed by atoms with Crippen molar-refractivity contribution in [3.05, 3.63) is 71.5 Å². The van der Waals surface area contributed by atoms with Crippen molar-refractivity contribution in [1.82, 2.24) is 20.3 Å². The van der Waals surface area contributed by atoms with Gasteiger partial charge in [-0.3, -0.25) is 4.79 Å². The molecule has 2 heterocycles. The van der Waals surface area contributed by atoms with Crippen LogP contribution in [-0.2, 0) is 0 Å². The zero-order chi connectivity index (χ0) is 24.5. The lowest BCUT2D eigenvalue weighted by molar-refractivity contribution is 0.0672. The van der Waals surface area contributed by atoms with E-state index in [9.17, 15) is 13.6 Å². The highest BCUT2D eigenvalue weighted by Gasteiger charge is 2.39. The van der Waals surface area contributed by atoms with Crippen LogP contribution in [0, 0.1) is 0 Å². The number of nitrogens with one attached hydrogen (secondary N) is 3. The number of para-hydroxylation sites is 1. The van der Waals surface area contributed by atoms with Gasteiger partial charge in [0.05, 0.1) is 23.0 Å². The lowest BCUT2D eigenvalue weighted by Gasteiger charge is -2.35. The molecule has 180 valence electrons. The SMILES string of the molecule is Nc1ccc(C(=O)N[C@@H]2C[C@H](Nc3ncc(Cl)c(-c4c[nH]c5ccccc45)n3)CC(F)C2F)cc1. The summed E-state index contributed by atoms with van der Waals surface area (Å²) in [5.74, 6) is -0.248.